The number of carbonyl (C=O) groups excluding carboxylic acids is 2. The minimum atomic E-state index is -0.868. The van der Waals surface area contributed by atoms with Gasteiger partial charge in [0.2, 0.25) is 0 Å². The number of unbranched alkanes of at least 4 members (excludes halogenated alkanes) is 1. The number of rotatable bonds is 16. The second-order valence-electron chi connectivity index (χ2n) is 8.77. The molecule has 9 nitrogen and oxygen atoms in total. The normalized spacial score (nSPS) is 12.0. The minimum Gasteiger partial charge on any atom is -0.481 e. The minimum absolute atomic E-state index is 0.0226. The fraction of sp³-hybridized carbons (Fsp3) is 0.464. The number of hydrogen-bond donors (Lipinski definition) is 1. The molecule has 2 aromatic rings. The largest absolute Gasteiger partial charge is 0.481 e. The van der Waals surface area contributed by atoms with Gasteiger partial charge >= 0.3 is 18.0 Å². The molecule has 0 atom stereocenters. The maximum Gasteiger partial charge on any atom is 0.409 e. The molecular formula is C28H35NO8. The summed E-state index contributed by atoms with van der Waals surface area (Å²) in [5.74, 6) is -1.20. The fourth-order valence-corrected chi connectivity index (χ4v) is 4.15. The lowest BCUT2D eigenvalue weighted by Crippen LogP contribution is -2.32. The SMILES string of the molecule is CN(CCOCCOCCOC(=O)CCCCC(=O)O)C(=O)OCC1c2ccccc2-c2ccccc21. The molecule has 3 rings (SSSR count). The molecule has 0 heterocycles. The molecule has 0 spiro atoms. The van der Waals surface area contributed by atoms with Crippen molar-refractivity contribution in [1.29, 1.82) is 0 Å². The highest BCUT2D eigenvalue weighted by Gasteiger charge is 2.29. The highest BCUT2D eigenvalue weighted by atomic mass is 16.6. The van der Waals surface area contributed by atoms with Crippen molar-refractivity contribution in [3.05, 3.63) is 59.7 Å². The summed E-state index contributed by atoms with van der Waals surface area (Å²) in [5.41, 5.74) is 4.73. The van der Waals surface area contributed by atoms with E-state index in [2.05, 4.69) is 24.3 Å². The summed E-state index contributed by atoms with van der Waals surface area (Å²) >= 11 is 0. The van der Waals surface area contributed by atoms with Crippen LogP contribution in [0.15, 0.2) is 48.5 Å². The number of likely N-dealkylation sites (N-methyl/N-ethyl adjacent to an activating group) is 1. The van der Waals surface area contributed by atoms with E-state index < -0.39 is 12.1 Å². The van der Waals surface area contributed by atoms with Crippen LogP contribution >= 0.6 is 0 Å². The zero-order valence-corrected chi connectivity index (χ0v) is 21.2. The van der Waals surface area contributed by atoms with E-state index in [0.29, 0.717) is 39.2 Å². The second-order valence-corrected chi connectivity index (χ2v) is 8.77. The Balaban J connectivity index is 1.22. The number of hydrogen-bond acceptors (Lipinski definition) is 7. The molecule has 9 heteroatoms. The average molecular weight is 514 g/mol. The van der Waals surface area contributed by atoms with Gasteiger partial charge in [0.05, 0.1) is 26.4 Å². The summed E-state index contributed by atoms with van der Waals surface area (Å²) in [5, 5.41) is 8.56. The smallest absolute Gasteiger partial charge is 0.409 e. The maximum atomic E-state index is 12.5. The van der Waals surface area contributed by atoms with Crippen molar-refractivity contribution in [3.8, 4) is 11.1 Å². The van der Waals surface area contributed by atoms with Crippen molar-refractivity contribution in [2.24, 2.45) is 0 Å². The maximum absolute atomic E-state index is 12.5. The zero-order chi connectivity index (χ0) is 26.5. The number of ether oxygens (including phenoxy) is 4. The van der Waals surface area contributed by atoms with E-state index in [0.717, 1.165) is 0 Å². The molecule has 0 aromatic heterocycles. The van der Waals surface area contributed by atoms with Crippen LogP contribution in [0.1, 0.15) is 42.7 Å². The lowest BCUT2D eigenvalue weighted by Gasteiger charge is -2.19. The van der Waals surface area contributed by atoms with Crippen LogP contribution in [-0.2, 0) is 28.5 Å². The predicted molar refractivity (Wildman–Crippen MR) is 136 cm³/mol. The van der Waals surface area contributed by atoms with Crippen molar-refractivity contribution >= 4 is 18.0 Å². The van der Waals surface area contributed by atoms with Gasteiger partial charge in [0.1, 0.15) is 13.2 Å². The number of amides is 1. The Morgan fingerprint density at radius 2 is 1.35 bits per heavy atom. The van der Waals surface area contributed by atoms with Crippen LogP contribution in [0, 0.1) is 0 Å². The Labute approximate surface area is 217 Å². The molecule has 0 saturated heterocycles. The van der Waals surface area contributed by atoms with Gasteiger partial charge < -0.3 is 29.0 Å². The third kappa shape index (κ3) is 8.87. The van der Waals surface area contributed by atoms with Gasteiger partial charge in [-0.25, -0.2) is 4.79 Å². The van der Waals surface area contributed by atoms with E-state index >= 15 is 0 Å². The van der Waals surface area contributed by atoms with Crippen LogP contribution in [0.2, 0.25) is 0 Å². The molecule has 1 aliphatic carbocycles. The molecule has 1 aliphatic rings. The first-order valence-corrected chi connectivity index (χ1v) is 12.6. The number of benzene rings is 2. The van der Waals surface area contributed by atoms with Crippen LogP contribution in [0.3, 0.4) is 0 Å². The van der Waals surface area contributed by atoms with Crippen molar-refractivity contribution < 1.29 is 38.4 Å². The van der Waals surface area contributed by atoms with Gasteiger partial charge in [-0.15, -0.1) is 0 Å². The molecule has 1 N–H and O–H groups in total. The summed E-state index contributed by atoms with van der Waals surface area (Å²) in [7, 11) is 1.68. The van der Waals surface area contributed by atoms with E-state index in [1.807, 2.05) is 24.3 Å². The summed E-state index contributed by atoms with van der Waals surface area (Å²) in [6, 6.07) is 16.4. The standard InChI is InChI=1S/C28H35NO8/c1-29(14-15-34-16-17-35-18-19-36-27(32)13-7-6-12-26(30)31)28(33)37-20-25-23-10-4-2-8-21(23)22-9-3-5-11-24(22)25/h2-5,8-11,25H,6-7,12-20H2,1H3,(H,30,31). The first-order valence-electron chi connectivity index (χ1n) is 12.6. The van der Waals surface area contributed by atoms with Crippen LogP contribution in [0.4, 0.5) is 4.79 Å². The predicted octanol–water partition coefficient (Wildman–Crippen LogP) is 4.09. The number of carboxylic acid groups (broad SMARTS) is 1. The number of aliphatic carboxylic acids is 1. The molecular weight excluding hydrogens is 478 g/mol. The highest BCUT2D eigenvalue weighted by Crippen LogP contribution is 2.44. The van der Waals surface area contributed by atoms with Gasteiger partial charge in [0.25, 0.3) is 0 Å². The number of nitrogens with zero attached hydrogens (tertiary/aromatic N) is 1. The zero-order valence-electron chi connectivity index (χ0n) is 21.2. The molecule has 2 aromatic carbocycles. The summed E-state index contributed by atoms with van der Waals surface area (Å²) in [4.78, 5) is 35.9. The lowest BCUT2D eigenvalue weighted by atomic mass is 9.98. The van der Waals surface area contributed by atoms with E-state index in [1.165, 1.54) is 27.2 Å². The van der Waals surface area contributed by atoms with Crippen molar-refractivity contribution in [1.82, 2.24) is 4.90 Å². The lowest BCUT2D eigenvalue weighted by molar-refractivity contribution is -0.146. The molecule has 200 valence electrons. The second kappa shape index (κ2) is 15.0. The number of carboxylic acids is 1. The summed E-state index contributed by atoms with van der Waals surface area (Å²) in [6.45, 7) is 2.09. The van der Waals surface area contributed by atoms with E-state index in [1.54, 1.807) is 7.05 Å². The van der Waals surface area contributed by atoms with Gasteiger partial charge in [-0.3, -0.25) is 9.59 Å². The monoisotopic (exact) mass is 513 g/mol. The van der Waals surface area contributed by atoms with E-state index in [9.17, 15) is 14.4 Å². The Morgan fingerprint density at radius 3 is 2.00 bits per heavy atom. The van der Waals surface area contributed by atoms with Crippen LogP contribution in [-0.4, -0.2) is 81.3 Å². The molecule has 0 unspecified atom stereocenters. The first-order chi connectivity index (χ1) is 18.0. The quantitative estimate of drug-likeness (QED) is 0.264. The Bertz CT molecular complexity index is 995. The third-order valence-electron chi connectivity index (χ3n) is 6.10. The molecule has 1 amide bonds. The van der Waals surface area contributed by atoms with Gasteiger partial charge in [0, 0.05) is 32.4 Å². The van der Waals surface area contributed by atoms with E-state index in [-0.39, 0.29) is 44.5 Å². The van der Waals surface area contributed by atoms with Crippen molar-refractivity contribution in [2.75, 3.05) is 53.2 Å². The van der Waals surface area contributed by atoms with E-state index in [4.69, 9.17) is 24.1 Å². The summed E-state index contributed by atoms with van der Waals surface area (Å²) < 4.78 is 21.5. The topological polar surface area (TPSA) is 112 Å². The van der Waals surface area contributed by atoms with Gasteiger partial charge in [-0.1, -0.05) is 48.5 Å². The third-order valence-corrected chi connectivity index (χ3v) is 6.10. The van der Waals surface area contributed by atoms with Gasteiger partial charge in [0.15, 0.2) is 0 Å². The molecule has 0 aliphatic heterocycles. The Morgan fingerprint density at radius 1 is 0.784 bits per heavy atom. The van der Waals surface area contributed by atoms with Crippen molar-refractivity contribution in [3.63, 3.8) is 0 Å². The number of carbonyl (C=O) groups is 3. The number of fused-ring (bicyclic) bond motifs is 3. The summed E-state index contributed by atoms with van der Waals surface area (Å²) in [6.07, 6.45) is 0.802. The van der Waals surface area contributed by atoms with Crippen molar-refractivity contribution in [2.45, 2.75) is 31.6 Å². The fourth-order valence-electron chi connectivity index (χ4n) is 4.15. The Hall–Kier alpha value is -3.43. The Kier molecular flexibility index (Phi) is 11.4. The molecule has 0 fully saturated rings. The first kappa shape index (κ1) is 28.1. The van der Waals surface area contributed by atoms with Crippen LogP contribution in [0.5, 0.6) is 0 Å². The molecule has 0 saturated carbocycles. The molecule has 37 heavy (non-hydrogen) atoms. The van der Waals surface area contributed by atoms with Crippen LogP contribution < -0.4 is 0 Å². The molecule has 0 bridgehead atoms. The van der Waals surface area contributed by atoms with Gasteiger partial charge in [-0.05, 0) is 35.1 Å². The highest BCUT2D eigenvalue weighted by molar-refractivity contribution is 5.79. The van der Waals surface area contributed by atoms with Gasteiger partial charge in [-0.2, -0.15) is 0 Å². The van der Waals surface area contributed by atoms with Crippen LogP contribution in [0.25, 0.3) is 11.1 Å². The molecule has 0 radical (unpaired) electrons. The average Bonchev–Trinajstić information content (AvgIpc) is 3.22. The number of esters is 1.